The number of carbonyl (C=O) groups is 2. The lowest BCUT2D eigenvalue weighted by Gasteiger charge is -2.21. The lowest BCUT2D eigenvalue weighted by molar-refractivity contribution is -0.135. The number of carbonyl (C=O) groups excluding carboxylic acids is 2. The Morgan fingerprint density at radius 1 is 1.17 bits per heavy atom. The molecule has 1 aromatic carbocycles. The number of benzene rings is 1. The predicted molar refractivity (Wildman–Crippen MR) is 64.0 cm³/mol. The topological polar surface area (TPSA) is 84.0 Å². The Hall–Kier alpha value is -2.37. The van der Waals surface area contributed by atoms with E-state index in [1.54, 1.807) is 18.2 Å². The van der Waals surface area contributed by atoms with Gasteiger partial charge in [-0.25, -0.2) is 4.79 Å². The average molecular weight is 245 g/mol. The van der Waals surface area contributed by atoms with Gasteiger partial charge in [-0.1, -0.05) is 12.1 Å². The Bertz CT molecular complexity index is 698. The molecule has 1 aliphatic rings. The number of amides is 2. The molecule has 1 saturated heterocycles. The predicted octanol–water partition coefficient (Wildman–Crippen LogP) is 0.307. The van der Waals surface area contributed by atoms with Gasteiger partial charge in [0.2, 0.25) is 11.8 Å². The number of nitrogens with one attached hydrogen (secondary N) is 2. The van der Waals surface area contributed by atoms with E-state index in [4.69, 9.17) is 0 Å². The molecule has 18 heavy (non-hydrogen) atoms. The molecular weight excluding hydrogens is 234 g/mol. The highest BCUT2D eigenvalue weighted by Gasteiger charge is 2.30. The number of imidazole rings is 1. The number of aromatic amines is 1. The molecule has 0 aliphatic carbocycles. The molecule has 0 bridgehead atoms. The molecule has 1 fully saturated rings. The quantitative estimate of drug-likeness (QED) is 0.709. The molecule has 0 spiro atoms. The molecule has 1 unspecified atom stereocenters. The molecule has 6 heteroatoms. The van der Waals surface area contributed by atoms with E-state index in [2.05, 4.69) is 10.3 Å². The monoisotopic (exact) mass is 245 g/mol. The summed E-state index contributed by atoms with van der Waals surface area (Å²) in [5.41, 5.74) is 1.04. The highest BCUT2D eigenvalue weighted by molar-refractivity contribution is 6.00. The van der Waals surface area contributed by atoms with Crippen molar-refractivity contribution in [3.63, 3.8) is 0 Å². The molecule has 2 aromatic rings. The highest BCUT2D eigenvalue weighted by Crippen LogP contribution is 2.21. The number of rotatable bonds is 1. The van der Waals surface area contributed by atoms with Gasteiger partial charge in [-0.15, -0.1) is 0 Å². The van der Waals surface area contributed by atoms with Crippen molar-refractivity contribution in [3.05, 3.63) is 34.7 Å². The van der Waals surface area contributed by atoms with E-state index in [0.717, 1.165) is 0 Å². The maximum Gasteiger partial charge on any atom is 0.327 e. The first-order valence-electron chi connectivity index (χ1n) is 5.70. The van der Waals surface area contributed by atoms with E-state index >= 15 is 0 Å². The zero-order valence-electron chi connectivity index (χ0n) is 9.47. The summed E-state index contributed by atoms with van der Waals surface area (Å²) in [6, 6.07) is 6.55. The van der Waals surface area contributed by atoms with Crippen LogP contribution in [-0.4, -0.2) is 21.4 Å². The van der Waals surface area contributed by atoms with Gasteiger partial charge in [0.25, 0.3) is 0 Å². The third-order valence-electron chi connectivity index (χ3n) is 3.15. The minimum absolute atomic E-state index is 0.252. The SMILES string of the molecule is O=C1CCC(n2c(=O)[nH]c3ccccc32)C(=O)N1. The van der Waals surface area contributed by atoms with Crippen LogP contribution < -0.4 is 11.0 Å². The Morgan fingerprint density at radius 3 is 2.72 bits per heavy atom. The maximum atomic E-state index is 11.9. The number of fused-ring (bicyclic) bond motifs is 1. The summed E-state index contributed by atoms with van der Waals surface area (Å²) in [4.78, 5) is 37.5. The summed E-state index contributed by atoms with van der Waals surface area (Å²) in [5.74, 6) is -0.706. The zero-order valence-corrected chi connectivity index (χ0v) is 9.47. The third kappa shape index (κ3) is 1.54. The number of nitrogens with zero attached hydrogens (tertiary/aromatic N) is 1. The molecule has 2 heterocycles. The lowest BCUT2D eigenvalue weighted by Crippen LogP contribution is -2.43. The van der Waals surface area contributed by atoms with Gasteiger partial charge in [-0.05, 0) is 18.6 Å². The van der Waals surface area contributed by atoms with Gasteiger partial charge >= 0.3 is 5.69 Å². The van der Waals surface area contributed by atoms with Crippen molar-refractivity contribution in [3.8, 4) is 0 Å². The Kier molecular flexibility index (Phi) is 2.29. The van der Waals surface area contributed by atoms with Crippen molar-refractivity contribution >= 4 is 22.8 Å². The number of para-hydroxylation sites is 2. The second-order valence-corrected chi connectivity index (χ2v) is 4.28. The standard InChI is InChI=1S/C12H11N3O3/c16-10-6-5-9(11(17)14-10)15-8-4-2-1-3-7(8)13-12(15)18/h1-4,9H,5-6H2,(H,13,18)(H,14,16,17). The molecule has 0 radical (unpaired) electrons. The molecular formula is C12H11N3O3. The van der Waals surface area contributed by atoms with E-state index in [1.807, 2.05) is 6.07 Å². The van der Waals surface area contributed by atoms with Crippen molar-refractivity contribution in [1.82, 2.24) is 14.9 Å². The Morgan fingerprint density at radius 2 is 1.94 bits per heavy atom. The van der Waals surface area contributed by atoms with Crippen molar-refractivity contribution < 1.29 is 9.59 Å². The average Bonchev–Trinajstić information content (AvgIpc) is 2.66. The molecule has 2 N–H and O–H groups in total. The second kappa shape index (κ2) is 3.83. The number of hydrogen-bond donors (Lipinski definition) is 2. The summed E-state index contributed by atoms with van der Waals surface area (Å²) < 4.78 is 1.41. The number of aromatic nitrogens is 2. The highest BCUT2D eigenvalue weighted by atomic mass is 16.2. The van der Waals surface area contributed by atoms with Crippen LogP contribution in [0.2, 0.25) is 0 Å². The van der Waals surface area contributed by atoms with E-state index in [1.165, 1.54) is 4.57 Å². The van der Waals surface area contributed by atoms with Crippen molar-refractivity contribution in [2.75, 3.05) is 0 Å². The molecule has 2 amide bonds. The molecule has 3 rings (SSSR count). The van der Waals surface area contributed by atoms with Gasteiger partial charge < -0.3 is 4.98 Å². The Balaban J connectivity index is 2.14. The summed E-state index contributed by atoms with van der Waals surface area (Å²) in [6.45, 7) is 0. The van der Waals surface area contributed by atoms with E-state index in [9.17, 15) is 14.4 Å². The minimum Gasteiger partial charge on any atom is -0.306 e. The molecule has 92 valence electrons. The van der Waals surface area contributed by atoms with Gasteiger partial charge in [0.1, 0.15) is 6.04 Å². The van der Waals surface area contributed by atoms with Crippen LogP contribution in [0.25, 0.3) is 11.0 Å². The lowest BCUT2D eigenvalue weighted by atomic mass is 10.1. The summed E-state index contributed by atoms with van der Waals surface area (Å²) in [5, 5.41) is 2.26. The maximum absolute atomic E-state index is 11.9. The fourth-order valence-electron chi connectivity index (χ4n) is 2.31. The van der Waals surface area contributed by atoms with Crippen LogP contribution in [0.5, 0.6) is 0 Å². The third-order valence-corrected chi connectivity index (χ3v) is 3.15. The molecule has 1 aliphatic heterocycles. The van der Waals surface area contributed by atoms with Crippen LogP contribution in [0.4, 0.5) is 0 Å². The van der Waals surface area contributed by atoms with E-state index in [-0.39, 0.29) is 18.0 Å². The fourth-order valence-corrected chi connectivity index (χ4v) is 2.31. The number of H-pyrrole nitrogens is 1. The van der Waals surface area contributed by atoms with Gasteiger partial charge in [0.05, 0.1) is 11.0 Å². The second-order valence-electron chi connectivity index (χ2n) is 4.28. The molecule has 1 atom stereocenters. The van der Waals surface area contributed by atoms with Crippen molar-refractivity contribution in [1.29, 1.82) is 0 Å². The Labute approximate surface area is 102 Å². The summed E-state index contributed by atoms with van der Waals surface area (Å²) in [7, 11) is 0. The first-order valence-corrected chi connectivity index (χ1v) is 5.70. The van der Waals surface area contributed by atoms with Crippen LogP contribution in [0, 0.1) is 0 Å². The number of imide groups is 1. The van der Waals surface area contributed by atoms with Crippen LogP contribution in [0.3, 0.4) is 0 Å². The van der Waals surface area contributed by atoms with Gasteiger partial charge in [0.15, 0.2) is 0 Å². The van der Waals surface area contributed by atoms with E-state index in [0.29, 0.717) is 17.5 Å². The molecule has 0 saturated carbocycles. The molecule has 6 nitrogen and oxygen atoms in total. The van der Waals surface area contributed by atoms with Crippen molar-refractivity contribution in [2.24, 2.45) is 0 Å². The van der Waals surface area contributed by atoms with Gasteiger partial charge in [0, 0.05) is 6.42 Å². The van der Waals surface area contributed by atoms with Crippen LogP contribution in [0.15, 0.2) is 29.1 Å². The first-order chi connectivity index (χ1) is 8.66. The van der Waals surface area contributed by atoms with Crippen LogP contribution >= 0.6 is 0 Å². The fraction of sp³-hybridized carbons (Fsp3) is 0.250. The number of piperidine rings is 1. The largest absolute Gasteiger partial charge is 0.327 e. The normalized spacial score (nSPS) is 20.1. The van der Waals surface area contributed by atoms with Crippen molar-refractivity contribution in [2.45, 2.75) is 18.9 Å². The van der Waals surface area contributed by atoms with Crippen LogP contribution in [0.1, 0.15) is 18.9 Å². The number of hydrogen-bond acceptors (Lipinski definition) is 3. The summed E-state index contributed by atoms with van der Waals surface area (Å²) in [6.07, 6.45) is 0.606. The van der Waals surface area contributed by atoms with Crippen LogP contribution in [-0.2, 0) is 9.59 Å². The van der Waals surface area contributed by atoms with Gasteiger partial charge in [-0.3, -0.25) is 19.5 Å². The smallest absolute Gasteiger partial charge is 0.306 e. The molecule has 1 aromatic heterocycles. The summed E-state index contributed by atoms with van der Waals surface area (Å²) >= 11 is 0. The van der Waals surface area contributed by atoms with Gasteiger partial charge in [-0.2, -0.15) is 0 Å². The first kappa shape index (κ1) is 10.8. The van der Waals surface area contributed by atoms with E-state index < -0.39 is 11.9 Å². The zero-order chi connectivity index (χ0) is 12.7. The minimum atomic E-state index is -0.619.